The van der Waals surface area contributed by atoms with E-state index in [0.29, 0.717) is 12.1 Å². The van der Waals surface area contributed by atoms with Gasteiger partial charge in [-0.1, -0.05) is 56.3 Å². The predicted octanol–water partition coefficient (Wildman–Crippen LogP) is 5.74. The molecule has 2 heteroatoms. The van der Waals surface area contributed by atoms with Crippen molar-refractivity contribution in [2.75, 3.05) is 4.90 Å². The van der Waals surface area contributed by atoms with Gasteiger partial charge >= 0.3 is 0 Å². The zero-order valence-corrected chi connectivity index (χ0v) is 16.8. The Morgan fingerprint density at radius 2 is 1.46 bits per heavy atom. The lowest BCUT2D eigenvalue weighted by Crippen LogP contribution is -2.41. The Morgan fingerprint density at radius 3 is 2.12 bits per heavy atom. The monoisotopic (exact) mass is 346 g/mol. The van der Waals surface area contributed by atoms with Crippen LogP contribution in [-0.2, 0) is 0 Å². The van der Waals surface area contributed by atoms with Gasteiger partial charge in [-0.3, -0.25) is 0 Å². The predicted molar refractivity (Wildman–Crippen MR) is 110 cm³/mol. The molecule has 1 fully saturated rings. The van der Waals surface area contributed by atoms with Crippen LogP contribution in [0.15, 0.2) is 54.7 Å². The van der Waals surface area contributed by atoms with Crippen molar-refractivity contribution in [3.8, 4) is 0 Å². The summed E-state index contributed by atoms with van der Waals surface area (Å²) in [5.74, 6) is 0. The smallest absolute Gasteiger partial charge is 0.129 e. The van der Waals surface area contributed by atoms with E-state index in [-0.39, 0.29) is 11.6 Å². The standard InChI is InChI=1S/C24H30N2/c1-16-10-7-8-13-20(16)26-19(4)22-24(5,6)14-15-25(22)23(26)21-17(2)11-9-12-18(21)3/h7-15,19,22-23H,1-6H3/t19-,22?,23?/m0/s1. The molecule has 2 aliphatic heterocycles. The van der Waals surface area contributed by atoms with Crippen LogP contribution >= 0.6 is 0 Å². The number of hydrogen-bond donors (Lipinski definition) is 0. The summed E-state index contributed by atoms with van der Waals surface area (Å²) < 4.78 is 0. The topological polar surface area (TPSA) is 6.48 Å². The summed E-state index contributed by atoms with van der Waals surface area (Å²) in [5.41, 5.74) is 7.07. The van der Waals surface area contributed by atoms with Gasteiger partial charge in [0.2, 0.25) is 0 Å². The summed E-state index contributed by atoms with van der Waals surface area (Å²) in [4.78, 5) is 5.26. The van der Waals surface area contributed by atoms with E-state index in [2.05, 4.69) is 106 Å². The van der Waals surface area contributed by atoms with Gasteiger partial charge in [0.1, 0.15) is 6.17 Å². The second-order valence-electron chi connectivity index (χ2n) is 8.64. The molecule has 0 amide bonds. The fraction of sp³-hybridized carbons (Fsp3) is 0.417. The highest BCUT2D eigenvalue weighted by molar-refractivity contribution is 5.59. The molecule has 0 N–H and O–H groups in total. The molecule has 0 spiro atoms. The normalized spacial score (nSPS) is 26.5. The summed E-state index contributed by atoms with van der Waals surface area (Å²) >= 11 is 0. The van der Waals surface area contributed by atoms with Crippen molar-refractivity contribution in [1.82, 2.24) is 4.90 Å². The van der Waals surface area contributed by atoms with Gasteiger partial charge in [-0.05, 0) is 56.7 Å². The van der Waals surface area contributed by atoms with Gasteiger partial charge in [0.15, 0.2) is 0 Å². The molecule has 2 aliphatic rings. The maximum absolute atomic E-state index is 2.65. The largest absolute Gasteiger partial charge is 0.348 e. The number of fused-ring (bicyclic) bond motifs is 1. The maximum atomic E-state index is 2.65. The van der Waals surface area contributed by atoms with Crippen molar-refractivity contribution < 1.29 is 0 Å². The Labute approximate surface area is 158 Å². The van der Waals surface area contributed by atoms with Gasteiger partial charge in [-0.15, -0.1) is 0 Å². The number of benzene rings is 2. The first-order chi connectivity index (χ1) is 12.3. The van der Waals surface area contributed by atoms with Crippen LogP contribution in [0, 0.1) is 26.2 Å². The van der Waals surface area contributed by atoms with E-state index >= 15 is 0 Å². The second kappa shape index (κ2) is 5.90. The van der Waals surface area contributed by atoms with Crippen LogP contribution in [0.4, 0.5) is 5.69 Å². The third kappa shape index (κ3) is 2.39. The highest BCUT2D eigenvalue weighted by atomic mass is 15.5. The van der Waals surface area contributed by atoms with E-state index in [9.17, 15) is 0 Å². The third-order valence-electron chi connectivity index (χ3n) is 6.40. The Hall–Kier alpha value is -2.22. The second-order valence-corrected chi connectivity index (χ2v) is 8.64. The zero-order chi connectivity index (χ0) is 18.6. The molecule has 2 aromatic rings. The summed E-state index contributed by atoms with van der Waals surface area (Å²) in [7, 11) is 0. The molecule has 4 rings (SSSR count). The quantitative estimate of drug-likeness (QED) is 0.684. The fourth-order valence-electron chi connectivity index (χ4n) is 5.20. The Bertz CT molecular complexity index is 844. The number of rotatable bonds is 2. The highest BCUT2D eigenvalue weighted by Crippen LogP contribution is 2.51. The van der Waals surface area contributed by atoms with Crippen LogP contribution in [0.25, 0.3) is 0 Å². The van der Waals surface area contributed by atoms with Crippen molar-refractivity contribution in [2.24, 2.45) is 5.41 Å². The molecular formula is C24H30N2. The highest BCUT2D eigenvalue weighted by Gasteiger charge is 2.53. The average Bonchev–Trinajstić information content (AvgIpc) is 3.04. The van der Waals surface area contributed by atoms with E-state index < -0.39 is 0 Å². The minimum Gasteiger partial charge on any atom is -0.348 e. The van der Waals surface area contributed by atoms with Gasteiger partial charge in [0.25, 0.3) is 0 Å². The number of aryl methyl sites for hydroxylation is 3. The zero-order valence-electron chi connectivity index (χ0n) is 16.8. The van der Waals surface area contributed by atoms with Crippen LogP contribution < -0.4 is 4.90 Å². The summed E-state index contributed by atoms with van der Waals surface area (Å²) in [6, 6.07) is 16.4. The lowest BCUT2D eigenvalue weighted by Gasteiger charge is -2.35. The molecule has 0 bridgehead atoms. The molecule has 2 unspecified atom stereocenters. The van der Waals surface area contributed by atoms with E-state index in [4.69, 9.17) is 0 Å². The number of hydrogen-bond acceptors (Lipinski definition) is 2. The molecule has 2 aromatic carbocycles. The molecule has 0 radical (unpaired) electrons. The summed E-state index contributed by atoms with van der Waals surface area (Å²) in [6.45, 7) is 13.9. The SMILES string of the molecule is Cc1ccccc1N1C(c2c(C)cccc2C)N2C=CC(C)(C)C2[C@@H]1C. The molecule has 0 aromatic heterocycles. The molecule has 2 nitrogen and oxygen atoms in total. The fourth-order valence-corrected chi connectivity index (χ4v) is 5.20. The molecule has 0 aliphatic carbocycles. The number of anilines is 1. The van der Waals surface area contributed by atoms with Gasteiger partial charge in [0.05, 0.1) is 6.04 Å². The van der Waals surface area contributed by atoms with Crippen molar-refractivity contribution in [2.45, 2.75) is 59.8 Å². The first-order valence-corrected chi connectivity index (χ1v) is 9.70. The van der Waals surface area contributed by atoms with Gasteiger partial charge < -0.3 is 9.80 Å². The summed E-state index contributed by atoms with van der Waals surface area (Å²) in [5, 5.41) is 0. The van der Waals surface area contributed by atoms with E-state index in [0.717, 1.165) is 0 Å². The molecule has 1 saturated heterocycles. The van der Waals surface area contributed by atoms with Crippen molar-refractivity contribution in [3.05, 3.63) is 77.0 Å². The molecule has 136 valence electrons. The number of para-hydroxylation sites is 1. The molecule has 0 saturated carbocycles. The van der Waals surface area contributed by atoms with Crippen LogP contribution in [0.1, 0.15) is 49.2 Å². The van der Waals surface area contributed by atoms with E-state index in [1.54, 1.807) is 0 Å². The summed E-state index contributed by atoms with van der Waals surface area (Å²) in [6.07, 6.45) is 4.98. The van der Waals surface area contributed by atoms with Crippen LogP contribution in [0.5, 0.6) is 0 Å². The lowest BCUT2D eigenvalue weighted by atomic mass is 9.83. The lowest BCUT2D eigenvalue weighted by molar-refractivity contribution is 0.209. The van der Waals surface area contributed by atoms with Gasteiger partial charge in [-0.25, -0.2) is 0 Å². The number of nitrogens with zero attached hydrogens (tertiary/aromatic N) is 2. The van der Waals surface area contributed by atoms with Crippen LogP contribution in [0.3, 0.4) is 0 Å². The van der Waals surface area contributed by atoms with Gasteiger partial charge in [-0.2, -0.15) is 0 Å². The molecular weight excluding hydrogens is 316 g/mol. The molecule has 3 atom stereocenters. The first kappa shape index (κ1) is 17.2. The minimum absolute atomic E-state index is 0.172. The van der Waals surface area contributed by atoms with Crippen molar-refractivity contribution >= 4 is 5.69 Å². The van der Waals surface area contributed by atoms with E-state index in [1.165, 1.54) is 27.9 Å². The van der Waals surface area contributed by atoms with E-state index in [1.807, 2.05) is 0 Å². The van der Waals surface area contributed by atoms with Gasteiger partial charge in [0, 0.05) is 22.7 Å². The van der Waals surface area contributed by atoms with Crippen LogP contribution in [-0.4, -0.2) is 17.0 Å². The minimum atomic E-state index is 0.172. The Kier molecular flexibility index (Phi) is 3.91. The first-order valence-electron chi connectivity index (χ1n) is 9.70. The third-order valence-corrected chi connectivity index (χ3v) is 6.40. The van der Waals surface area contributed by atoms with Crippen molar-refractivity contribution in [3.63, 3.8) is 0 Å². The molecule has 2 heterocycles. The Balaban J connectivity index is 1.93. The average molecular weight is 347 g/mol. The Morgan fingerprint density at radius 1 is 0.846 bits per heavy atom. The van der Waals surface area contributed by atoms with Crippen molar-refractivity contribution in [1.29, 1.82) is 0 Å². The van der Waals surface area contributed by atoms with Crippen LogP contribution in [0.2, 0.25) is 0 Å². The maximum Gasteiger partial charge on any atom is 0.129 e. The molecule has 26 heavy (non-hydrogen) atoms.